The van der Waals surface area contributed by atoms with Crippen LogP contribution in [-0.2, 0) is 16.1 Å². The van der Waals surface area contributed by atoms with E-state index in [4.69, 9.17) is 9.15 Å². The summed E-state index contributed by atoms with van der Waals surface area (Å²) in [6.45, 7) is 4.71. The largest absolute Gasteiger partial charge is 0.461 e. The van der Waals surface area contributed by atoms with Crippen molar-refractivity contribution in [3.63, 3.8) is 0 Å². The standard InChI is InChI=1S/C18H21NO4/c1-13(2)15-7-5-14(6-8-15)12-23-17(20)9-10-19-18(21)16-4-3-11-22-16/h3-8,11,13H,9-10,12H2,1-2H3,(H,19,21). The van der Waals surface area contributed by atoms with E-state index in [0.29, 0.717) is 5.92 Å². The zero-order valence-corrected chi connectivity index (χ0v) is 13.4. The molecular weight excluding hydrogens is 294 g/mol. The van der Waals surface area contributed by atoms with E-state index in [9.17, 15) is 9.59 Å². The van der Waals surface area contributed by atoms with Crippen LogP contribution in [0.15, 0.2) is 47.1 Å². The lowest BCUT2D eigenvalue weighted by atomic mass is 10.0. The Labute approximate surface area is 135 Å². The predicted molar refractivity (Wildman–Crippen MR) is 86.0 cm³/mol. The van der Waals surface area contributed by atoms with Crippen LogP contribution in [0, 0.1) is 0 Å². The molecule has 2 aromatic rings. The average molecular weight is 315 g/mol. The first-order valence-corrected chi connectivity index (χ1v) is 7.62. The van der Waals surface area contributed by atoms with E-state index < -0.39 is 0 Å². The number of carbonyl (C=O) groups is 2. The molecular formula is C18H21NO4. The molecule has 1 amide bonds. The maximum atomic E-state index is 11.7. The Morgan fingerprint density at radius 2 is 1.91 bits per heavy atom. The van der Waals surface area contributed by atoms with Crippen LogP contribution in [0.4, 0.5) is 0 Å². The first kappa shape index (κ1) is 16.8. The molecule has 1 aromatic carbocycles. The number of furan rings is 1. The van der Waals surface area contributed by atoms with Crippen LogP contribution in [0.1, 0.15) is 47.9 Å². The van der Waals surface area contributed by atoms with E-state index in [0.717, 1.165) is 5.56 Å². The summed E-state index contributed by atoms with van der Waals surface area (Å²) in [5, 5.41) is 2.60. The number of amides is 1. The Morgan fingerprint density at radius 3 is 2.52 bits per heavy atom. The third-order valence-electron chi connectivity index (χ3n) is 3.41. The van der Waals surface area contributed by atoms with Gasteiger partial charge in [-0.05, 0) is 29.2 Å². The highest BCUT2D eigenvalue weighted by molar-refractivity contribution is 5.91. The highest BCUT2D eigenvalue weighted by Crippen LogP contribution is 2.15. The molecule has 0 atom stereocenters. The molecule has 23 heavy (non-hydrogen) atoms. The Kier molecular flexibility index (Phi) is 5.97. The van der Waals surface area contributed by atoms with Crippen molar-refractivity contribution in [1.82, 2.24) is 5.32 Å². The molecule has 5 nitrogen and oxygen atoms in total. The van der Waals surface area contributed by atoms with Crippen LogP contribution in [0.3, 0.4) is 0 Å². The Morgan fingerprint density at radius 1 is 1.17 bits per heavy atom. The average Bonchev–Trinajstić information content (AvgIpc) is 3.07. The molecule has 0 bridgehead atoms. The Balaban J connectivity index is 1.68. The van der Waals surface area contributed by atoms with Crippen LogP contribution in [0.25, 0.3) is 0 Å². The van der Waals surface area contributed by atoms with Crippen molar-refractivity contribution in [2.45, 2.75) is 32.8 Å². The number of nitrogens with one attached hydrogen (secondary N) is 1. The van der Waals surface area contributed by atoms with Gasteiger partial charge in [-0.1, -0.05) is 38.1 Å². The number of hydrogen-bond donors (Lipinski definition) is 1. The molecule has 0 unspecified atom stereocenters. The lowest BCUT2D eigenvalue weighted by Gasteiger charge is -2.08. The number of ether oxygens (including phenoxy) is 1. The van der Waals surface area contributed by atoms with Gasteiger partial charge >= 0.3 is 5.97 Å². The summed E-state index contributed by atoms with van der Waals surface area (Å²) < 4.78 is 10.1. The third kappa shape index (κ3) is 5.29. The van der Waals surface area contributed by atoms with Gasteiger partial charge in [0, 0.05) is 6.54 Å². The summed E-state index contributed by atoms with van der Waals surface area (Å²) in [5.74, 6) is 0.0118. The molecule has 2 rings (SSSR count). The topological polar surface area (TPSA) is 68.5 Å². The zero-order chi connectivity index (χ0) is 16.7. The van der Waals surface area contributed by atoms with Gasteiger partial charge in [0.1, 0.15) is 6.61 Å². The second-order valence-electron chi connectivity index (χ2n) is 5.54. The van der Waals surface area contributed by atoms with Crippen LogP contribution >= 0.6 is 0 Å². The van der Waals surface area contributed by atoms with E-state index in [1.165, 1.54) is 11.8 Å². The Hall–Kier alpha value is -2.56. The molecule has 1 heterocycles. The molecule has 0 saturated carbocycles. The molecule has 122 valence electrons. The van der Waals surface area contributed by atoms with E-state index in [1.807, 2.05) is 24.3 Å². The van der Waals surface area contributed by atoms with Crippen molar-refractivity contribution >= 4 is 11.9 Å². The van der Waals surface area contributed by atoms with Crippen molar-refractivity contribution < 1.29 is 18.7 Å². The molecule has 1 aromatic heterocycles. The second kappa shape index (κ2) is 8.17. The van der Waals surface area contributed by atoms with Crippen LogP contribution in [-0.4, -0.2) is 18.4 Å². The molecule has 1 N–H and O–H groups in total. The molecule has 0 fully saturated rings. The van der Waals surface area contributed by atoms with Gasteiger partial charge in [-0.15, -0.1) is 0 Å². The third-order valence-corrected chi connectivity index (χ3v) is 3.41. The fraction of sp³-hybridized carbons (Fsp3) is 0.333. The van der Waals surface area contributed by atoms with Gasteiger partial charge in [-0.2, -0.15) is 0 Å². The number of carbonyl (C=O) groups excluding carboxylic acids is 2. The summed E-state index contributed by atoms with van der Waals surface area (Å²) in [6, 6.07) is 11.2. The number of hydrogen-bond acceptors (Lipinski definition) is 4. The smallest absolute Gasteiger partial charge is 0.307 e. The molecule has 5 heteroatoms. The first-order valence-electron chi connectivity index (χ1n) is 7.62. The lowest BCUT2D eigenvalue weighted by Crippen LogP contribution is -2.26. The van der Waals surface area contributed by atoms with E-state index in [-0.39, 0.29) is 37.2 Å². The number of benzene rings is 1. The zero-order valence-electron chi connectivity index (χ0n) is 13.4. The van der Waals surface area contributed by atoms with Crippen LogP contribution in [0.2, 0.25) is 0 Å². The highest BCUT2D eigenvalue weighted by atomic mass is 16.5. The van der Waals surface area contributed by atoms with Gasteiger partial charge < -0.3 is 14.5 Å². The number of rotatable bonds is 7. The molecule has 0 saturated heterocycles. The van der Waals surface area contributed by atoms with Crippen molar-refractivity contribution in [2.24, 2.45) is 0 Å². The summed E-state index contributed by atoms with van der Waals surface area (Å²) in [6.07, 6.45) is 1.55. The van der Waals surface area contributed by atoms with Crippen molar-refractivity contribution in [3.05, 3.63) is 59.5 Å². The van der Waals surface area contributed by atoms with E-state index in [2.05, 4.69) is 19.2 Å². The van der Waals surface area contributed by atoms with Gasteiger partial charge in [0.15, 0.2) is 5.76 Å². The van der Waals surface area contributed by atoms with Crippen LogP contribution < -0.4 is 5.32 Å². The minimum atomic E-state index is -0.349. The van der Waals surface area contributed by atoms with Gasteiger partial charge in [0.25, 0.3) is 5.91 Å². The second-order valence-corrected chi connectivity index (χ2v) is 5.54. The molecule has 0 aliphatic carbocycles. The van der Waals surface area contributed by atoms with Crippen LogP contribution in [0.5, 0.6) is 0 Å². The minimum Gasteiger partial charge on any atom is -0.461 e. The van der Waals surface area contributed by atoms with Gasteiger partial charge in [0.05, 0.1) is 12.7 Å². The minimum absolute atomic E-state index is 0.122. The van der Waals surface area contributed by atoms with Gasteiger partial charge in [-0.25, -0.2) is 0 Å². The quantitative estimate of drug-likeness (QED) is 0.796. The van der Waals surface area contributed by atoms with Crippen molar-refractivity contribution in [3.8, 4) is 0 Å². The van der Waals surface area contributed by atoms with Gasteiger partial charge in [-0.3, -0.25) is 9.59 Å². The van der Waals surface area contributed by atoms with Gasteiger partial charge in [0.2, 0.25) is 0 Å². The summed E-state index contributed by atoms with van der Waals surface area (Å²) in [7, 11) is 0. The summed E-state index contributed by atoms with van der Waals surface area (Å²) in [5.41, 5.74) is 2.20. The van der Waals surface area contributed by atoms with E-state index in [1.54, 1.807) is 12.1 Å². The fourth-order valence-corrected chi connectivity index (χ4v) is 2.01. The first-order chi connectivity index (χ1) is 11.1. The summed E-state index contributed by atoms with van der Waals surface area (Å²) in [4.78, 5) is 23.3. The van der Waals surface area contributed by atoms with Crippen molar-refractivity contribution in [1.29, 1.82) is 0 Å². The Bertz CT molecular complexity index is 630. The normalized spacial score (nSPS) is 10.6. The SMILES string of the molecule is CC(C)c1ccc(COC(=O)CCNC(=O)c2ccco2)cc1. The molecule has 0 aliphatic heterocycles. The monoisotopic (exact) mass is 315 g/mol. The lowest BCUT2D eigenvalue weighted by molar-refractivity contribution is -0.144. The highest BCUT2D eigenvalue weighted by Gasteiger charge is 2.09. The van der Waals surface area contributed by atoms with E-state index >= 15 is 0 Å². The maximum absolute atomic E-state index is 11.7. The maximum Gasteiger partial charge on any atom is 0.307 e. The number of esters is 1. The predicted octanol–water partition coefficient (Wildman–Crippen LogP) is 3.27. The molecule has 0 aliphatic rings. The summed E-state index contributed by atoms with van der Waals surface area (Å²) >= 11 is 0. The fourth-order valence-electron chi connectivity index (χ4n) is 2.01. The molecule has 0 radical (unpaired) electrons. The van der Waals surface area contributed by atoms with Crippen molar-refractivity contribution in [2.75, 3.05) is 6.54 Å². The molecule has 0 spiro atoms.